The molecule has 2 rings (SSSR count). The Morgan fingerprint density at radius 1 is 0.870 bits per heavy atom. The molecule has 2 nitrogen and oxygen atoms in total. The topological polar surface area (TPSA) is 37.3 Å². The summed E-state index contributed by atoms with van der Waals surface area (Å²) in [6.07, 6.45) is 9.09. The van der Waals surface area contributed by atoms with Crippen LogP contribution in [0.4, 0.5) is 0 Å². The van der Waals surface area contributed by atoms with E-state index < -0.39 is 0 Å². The van der Waals surface area contributed by atoms with Gasteiger partial charge in [-0.25, -0.2) is 0 Å². The lowest BCUT2D eigenvalue weighted by Crippen LogP contribution is -2.03. The maximum Gasteiger partial charge on any atom is 0.203 e. The number of aryl methyl sites for hydroxylation is 1. The Bertz CT molecular complexity index is 575. The normalized spacial score (nSPS) is 10.8. The Kier molecular flexibility index (Phi) is 8.05. The van der Waals surface area contributed by atoms with Gasteiger partial charge >= 0.3 is 0 Å². The predicted octanol–water partition coefficient (Wildman–Crippen LogP) is 5.24. The average molecular weight is 330 g/mol. The van der Waals surface area contributed by atoms with Crippen molar-refractivity contribution in [2.45, 2.75) is 51.4 Å². The van der Waals surface area contributed by atoms with E-state index in [2.05, 4.69) is 6.07 Å². The van der Waals surface area contributed by atoms with Crippen molar-refractivity contribution in [1.82, 2.24) is 0 Å². The van der Waals surface area contributed by atoms with Crippen LogP contribution in [0.2, 0.25) is 0 Å². The van der Waals surface area contributed by atoms with Gasteiger partial charge in [0.05, 0.1) is 4.88 Å². The fourth-order valence-corrected chi connectivity index (χ4v) is 3.49. The number of hydrogen-bond donors (Lipinski definition) is 1. The van der Waals surface area contributed by atoms with Crippen molar-refractivity contribution in [3.05, 3.63) is 57.8 Å². The molecule has 0 unspecified atom stereocenters. The van der Waals surface area contributed by atoms with Crippen molar-refractivity contribution in [1.29, 1.82) is 0 Å². The van der Waals surface area contributed by atoms with Crippen LogP contribution in [-0.2, 0) is 6.42 Å². The first-order valence-corrected chi connectivity index (χ1v) is 9.48. The highest BCUT2D eigenvalue weighted by Gasteiger charge is 2.13. The van der Waals surface area contributed by atoms with Gasteiger partial charge in [-0.15, -0.1) is 11.3 Å². The second-order valence-corrected chi connectivity index (χ2v) is 6.86. The lowest BCUT2D eigenvalue weighted by molar-refractivity contribution is 0.104. The van der Waals surface area contributed by atoms with Gasteiger partial charge in [-0.3, -0.25) is 4.79 Å². The number of thiophene rings is 1. The van der Waals surface area contributed by atoms with E-state index in [-0.39, 0.29) is 5.78 Å². The first-order valence-electron chi connectivity index (χ1n) is 8.60. The molecule has 0 amide bonds. The van der Waals surface area contributed by atoms with Crippen LogP contribution in [0.5, 0.6) is 0 Å². The van der Waals surface area contributed by atoms with Crippen molar-refractivity contribution in [2.75, 3.05) is 6.61 Å². The van der Waals surface area contributed by atoms with E-state index >= 15 is 0 Å². The summed E-state index contributed by atoms with van der Waals surface area (Å²) in [4.78, 5) is 13.4. The van der Waals surface area contributed by atoms with Gasteiger partial charge in [-0.05, 0) is 36.3 Å². The molecule has 1 heterocycles. The summed E-state index contributed by atoms with van der Waals surface area (Å²) in [5.74, 6) is 0.152. The zero-order chi connectivity index (χ0) is 16.3. The molecule has 0 fully saturated rings. The molecule has 2 aromatic rings. The molecule has 1 aromatic heterocycles. The van der Waals surface area contributed by atoms with Crippen LogP contribution < -0.4 is 0 Å². The molecule has 124 valence electrons. The zero-order valence-electron chi connectivity index (χ0n) is 13.7. The van der Waals surface area contributed by atoms with Crippen LogP contribution >= 0.6 is 11.3 Å². The maximum absolute atomic E-state index is 12.6. The van der Waals surface area contributed by atoms with Gasteiger partial charge in [0, 0.05) is 12.2 Å². The molecule has 0 saturated carbocycles. The largest absolute Gasteiger partial charge is 0.396 e. The number of hydrogen-bond acceptors (Lipinski definition) is 3. The van der Waals surface area contributed by atoms with Gasteiger partial charge in [0.1, 0.15) is 0 Å². The molecule has 1 N–H and O–H groups in total. The van der Waals surface area contributed by atoms with Crippen LogP contribution in [-0.4, -0.2) is 17.5 Å². The number of carbonyl (C=O) groups is 1. The molecule has 0 saturated heterocycles. The van der Waals surface area contributed by atoms with Crippen LogP contribution in [0.3, 0.4) is 0 Å². The van der Waals surface area contributed by atoms with Gasteiger partial charge in [0.2, 0.25) is 5.78 Å². The third-order valence-electron chi connectivity index (χ3n) is 4.11. The van der Waals surface area contributed by atoms with Gasteiger partial charge in [-0.2, -0.15) is 0 Å². The Labute approximate surface area is 143 Å². The van der Waals surface area contributed by atoms with E-state index in [0.717, 1.165) is 36.1 Å². The van der Waals surface area contributed by atoms with Crippen LogP contribution in [0.25, 0.3) is 0 Å². The fourth-order valence-electron chi connectivity index (χ4n) is 2.81. The van der Waals surface area contributed by atoms with E-state index in [1.807, 2.05) is 35.7 Å². The monoisotopic (exact) mass is 330 g/mol. The van der Waals surface area contributed by atoms with Crippen molar-refractivity contribution in [2.24, 2.45) is 0 Å². The summed E-state index contributed by atoms with van der Waals surface area (Å²) < 4.78 is 0. The standard InChI is InChI=1S/C20H26O2S/c21-15-9-5-3-1-2-4-6-11-17-12-7-8-13-18(17)20(22)19-14-10-16-23-19/h7-8,10,12-14,16,21H,1-6,9,11,15H2. The highest BCUT2D eigenvalue weighted by atomic mass is 32.1. The summed E-state index contributed by atoms with van der Waals surface area (Å²) in [7, 11) is 0. The van der Waals surface area contributed by atoms with Crippen LogP contribution in [0.15, 0.2) is 41.8 Å². The number of benzene rings is 1. The Hall–Kier alpha value is -1.45. The third kappa shape index (κ3) is 5.92. The molecule has 0 aliphatic carbocycles. The summed E-state index contributed by atoms with van der Waals surface area (Å²) >= 11 is 1.51. The van der Waals surface area contributed by atoms with Crippen molar-refractivity contribution in [3.63, 3.8) is 0 Å². The predicted molar refractivity (Wildman–Crippen MR) is 97.3 cm³/mol. The number of aliphatic hydroxyl groups excluding tert-OH is 1. The van der Waals surface area contributed by atoms with Crippen LogP contribution in [0, 0.1) is 0 Å². The summed E-state index contributed by atoms with van der Waals surface area (Å²) in [5.41, 5.74) is 2.03. The summed E-state index contributed by atoms with van der Waals surface area (Å²) in [5, 5.41) is 10.7. The maximum atomic E-state index is 12.6. The molecule has 0 atom stereocenters. The average Bonchev–Trinajstić information content (AvgIpc) is 3.11. The molecule has 0 aliphatic heterocycles. The lowest BCUT2D eigenvalue weighted by atomic mass is 9.97. The second-order valence-electron chi connectivity index (χ2n) is 5.91. The zero-order valence-corrected chi connectivity index (χ0v) is 14.5. The van der Waals surface area contributed by atoms with E-state index in [0.29, 0.717) is 6.61 Å². The SMILES string of the molecule is O=C(c1cccs1)c1ccccc1CCCCCCCCCO. The lowest BCUT2D eigenvalue weighted by Gasteiger charge is -2.08. The first kappa shape index (κ1) is 17.9. The molecule has 23 heavy (non-hydrogen) atoms. The van der Waals surface area contributed by atoms with Gasteiger partial charge in [0.15, 0.2) is 0 Å². The summed E-state index contributed by atoms with van der Waals surface area (Å²) in [6, 6.07) is 11.8. The Morgan fingerprint density at radius 3 is 2.26 bits per heavy atom. The molecule has 3 heteroatoms. The Morgan fingerprint density at radius 2 is 1.57 bits per heavy atom. The molecule has 0 spiro atoms. The molecule has 0 radical (unpaired) electrons. The van der Waals surface area contributed by atoms with Crippen molar-refractivity contribution < 1.29 is 9.90 Å². The minimum atomic E-state index is 0.152. The minimum absolute atomic E-state index is 0.152. The second kappa shape index (κ2) is 10.3. The summed E-state index contributed by atoms with van der Waals surface area (Å²) in [6.45, 7) is 0.315. The van der Waals surface area contributed by atoms with Crippen LogP contribution in [0.1, 0.15) is 65.7 Å². The van der Waals surface area contributed by atoms with E-state index in [9.17, 15) is 4.79 Å². The van der Waals surface area contributed by atoms with Gasteiger partial charge in [-0.1, -0.05) is 62.4 Å². The molecule has 0 aliphatic rings. The molecule has 0 bridgehead atoms. The number of carbonyl (C=O) groups excluding carboxylic acids is 1. The quantitative estimate of drug-likeness (QED) is 0.451. The van der Waals surface area contributed by atoms with E-state index in [1.54, 1.807) is 0 Å². The number of ketones is 1. The molecular weight excluding hydrogens is 304 g/mol. The number of rotatable bonds is 11. The first-order chi connectivity index (χ1) is 11.3. The Balaban J connectivity index is 1.78. The molecular formula is C20H26O2S. The fraction of sp³-hybridized carbons (Fsp3) is 0.450. The highest BCUT2D eigenvalue weighted by molar-refractivity contribution is 7.12. The minimum Gasteiger partial charge on any atom is -0.396 e. The van der Waals surface area contributed by atoms with Crippen molar-refractivity contribution >= 4 is 17.1 Å². The highest BCUT2D eigenvalue weighted by Crippen LogP contribution is 2.20. The third-order valence-corrected chi connectivity index (χ3v) is 4.98. The smallest absolute Gasteiger partial charge is 0.203 e. The van der Waals surface area contributed by atoms with Gasteiger partial charge < -0.3 is 5.11 Å². The van der Waals surface area contributed by atoms with Crippen molar-refractivity contribution in [3.8, 4) is 0 Å². The van der Waals surface area contributed by atoms with E-state index in [1.165, 1.54) is 42.6 Å². The van der Waals surface area contributed by atoms with E-state index in [4.69, 9.17) is 5.11 Å². The van der Waals surface area contributed by atoms with Gasteiger partial charge in [0.25, 0.3) is 0 Å². The number of aliphatic hydroxyl groups is 1. The number of unbranched alkanes of at least 4 members (excludes halogenated alkanes) is 6. The molecule has 1 aromatic carbocycles.